The second-order valence-corrected chi connectivity index (χ2v) is 6.54. The molecule has 0 aliphatic rings. The van der Waals surface area contributed by atoms with Crippen LogP contribution in [0, 0.1) is 6.92 Å². The molecular formula is C22H24N4O3. The van der Waals surface area contributed by atoms with E-state index in [9.17, 15) is 9.59 Å². The molecule has 0 spiro atoms. The summed E-state index contributed by atoms with van der Waals surface area (Å²) in [7, 11) is 1.34. The zero-order chi connectivity index (χ0) is 21.0. The molecule has 0 aliphatic heterocycles. The van der Waals surface area contributed by atoms with E-state index in [2.05, 4.69) is 15.3 Å². The second-order valence-electron chi connectivity index (χ2n) is 6.54. The van der Waals surface area contributed by atoms with E-state index < -0.39 is 5.97 Å². The maximum Gasteiger partial charge on any atom is 0.337 e. The summed E-state index contributed by atoms with van der Waals surface area (Å²) in [6.45, 7) is 6.99. The minimum absolute atomic E-state index is 0.0985. The summed E-state index contributed by atoms with van der Waals surface area (Å²) in [6.07, 6.45) is 1.57. The number of carbonyl (C=O) groups excluding carboxylic acids is 2. The van der Waals surface area contributed by atoms with Crippen molar-refractivity contribution in [3.63, 3.8) is 0 Å². The molecule has 7 nitrogen and oxygen atoms in total. The quantitative estimate of drug-likeness (QED) is 0.640. The number of amides is 1. The molecule has 0 saturated heterocycles. The van der Waals surface area contributed by atoms with Crippen molar-refractivity contribution in [2.75, 3.05) is 25.5 Å². The zero-order valence-corrected chi connectivity index (χ0v) is 17.0. The molecule has 1 N–H and O–H groups in total. The molecule has 3 aromatic rings. The van der Waals surface area contributed by atoms with Crippen LogP contribution in [0.4, 0.5) is 11.4 Å². The number of anilines is 2. The number of aromatic nitrogens is 2. The van der Waals surface area contributed by atoms with Crippen LogP contribution in [-0.2, 0) is 4.74 Å². The monoisotopic (exact) mass is 392 g/mol. The third kappa shape index (κ3) is 4.18. The number of nitrogens with zero attached hydrogens (tertiary/aromatic N) is 3. The summed E-state index contributed by atoms with van der Waals surface area (Å²) in [6, 6.07) is 10.7. The zero-order valence-electron chi connectivity index (χ0n) is 17.0. The van der Waals surface area contributed by atoms with Crippen LogP contribution in [0.15, 0.2) is 42.6 Å². The average Bonchev–Trinajstić information content (AvgIpc) is 2.74. The first-order valence-electron chi connectivity index (χ1n) is 9.49. The first-order chi connectivity index (χ1) is 14.0. The van der Waals surface area contributed by atoms with Crippen molar-refractivity contribution in [1.29, 1.82) is 0 Å². The highest BCUT2D eigenvalue weighted by atomic mass is 16.5. The maximum atomic E-state index is 13.1. The number of methoxy groups -OCH3 is 1. The van der Waals surface area contributed by atoms with E-state index in [1.807, 2.05) is 32.9 Å². The molecule has 29 heavy (non-hydrogen) atoms. The minimum Gasteiger partial charge on any atom is -0.465 e. The fraction of sp³-hybridized carbons (Fsp3) is 0.273. The molecule has 0 aliphatic carbocycles. The Morgan fingerprint density at radius 2 is 1.76 bits per heavy atom. The number of carbonyl (C=O) groups is 2. The Hall–Kier alpha value is -3.48. The van der Waals surface area contributed by atoms with Crippen molar-refractivity contribution in [2.24, 2.45) is 0 Å². The van der Waals surface area contributed by atoms with Gasteiger partial charge in [0.15, 0.2) is 5.65 Å². The third-order valence-corrected chi connectivity index (χ3v) is 4.73. The Bertz CT molecular complexity index is 1040. The summed E-state index contributed by atoms with van der Waals surface area (Å²) in [5, 5.41) is 4.08. The highest BCUT2D eigenvalue weighted by Gasteiger charge is 2.20. The number of esters is 1. The van der Waals surface area contributed by atoms with Gasteiger partial charge in [-0.3, -0.25) is 4.79 Å². The second kappa shape index (κ2) is 8.68. The van der Waals surface area contributed by atoms with Gasteiger partial charge in [-0.1, -0.05) is 0 Å². The predicted octanol–water partition coefficient (Wildman–Crippen LogP) is 3.95. The maximum absolute atomic E-state index is 13.1. The van der Waals surface area contributed by atoms with E-state index in [1.54, 1.807) is 35.4 Å². The van der Waals surface area contributed by atoms with E-state index in [1.165, 1.54) is 7.11 Å². The molecule has 0 radical (unpaired) electrons. The lowest BCUT2D eigenvalue weighted by Crippen LogP contribution is -2.31. The Kier molecular flexibility index (Phi) is 6.07. The highest BCUT2D eigenvalue weighted by Crippen LogP contribution is 2.29. The topological polar surface area (TPSA) is 84.4 Å². The largest absolute Gasteiger partial charge is 0.465 e. The Balaban J connectivity index is 2.09. The van der Waals surface area contributed by atoms with Gasteiger partial charge in [0.05, 0.1) is 23.9 Å². The van der Waals surface area contributed by atoms with Crippen molar-refractivity contribution >= 4 is 34.3 Å². The SMILES string of the molecule is CCN(CC)C(=O)c1cnc2nc(C)ccc2c1Nc1ccc(C(=O)OC)cc1. The van der Waals surface area contributed by atoms with Crippen molar-refractivity contribution in [1.82, 2.24) is 14.9 Å². The van der Waals surface area contributed by atoms with Gasteiger partial charge in [-0.25, -0.2) is 14.8 Å². The summed E-state index contributed by atoms with van der Waals surface area (Å²) in [5.74, 6) is -0.498. The summed E-state index contributed by atoms with van der Waals surface area (Å²) in [5.41, 5.74) is 3.72. The molecule has 1 aromatic carbocycles. The third-order valence-electron chi connectivity index (χ3n) is 4.73. The first-order valence-corrected chi connectivity index (χ1v) is 9.49. The van der Waals surface area contributed by atoms with E-state index in [4.69, 9.17) is 4.74 Å². The standard InChI is InChI=1S/C22H24N4O3/c1-5-26(6-2)21(27)18-13-23-20-17(12-7-14(3)24-20)19(18)25-16-10-8-15(9-11-16)22(28)29-4/h7-13H,5-6H2,1-4H3,(H,23,24,25). The van der Waals surface area contributed by atoms with E-state index in [0.717, 1.165) is 16.8 Å². The number of aryl methyl sites for hydroxylation is 1. The first kappa shape index (κ1) is 20.3. The lowest BCUT2D eigenvalue weighted by Gasteiger charge is -2.21. The number of ether oxygens (including phenoxy) is 1. The molecule has 0 saturated carbocycles. The molecule has 0 unspecified atom stereocenters. The van der Waals surface area contributed by atoms with Gasteiger partial charge in [-0.15, -0.1) is 0 Å². The van der Waals surface area contributed by atoms with Crippen LogP contribution >= 0.6 is 0 Å². The number of benzene rings is 1. The van der Waals surface area contributed by atoms with Gasteiger partial charge < -0.3 is 15.0 Å². The Labute approximate surface area is 169 Å². The number of fused-ring (bicyclic) bond motifs is 1. The Morgan fingerprint density at radius 3 is 2.38 bits per heavy atom. The van der Waals surface area contributed by atoms with E-state index >= 15 is 0 Å². The van der Waals surface area contributed by atoms with Crippen LogP contribution in [0.3, 0.4) is 0 Å². The number of hydrogen-bond donors (Lipinski definition) is 1. The smallest absolute Gasteiger partial charge is 0.337 e. The van der Waals surface area contributed by atoms with Crippen molar-refractivity contribution in [3.05, 3.63) is 59.4 Å². The normalized spacial score (nSPS) is 10.6. The average molecular weight is 392 g/mol. The molecule has 3 rings (SSSR count). The van der Waals surface area contributed by atoms with Gasteiger partial charge in [0.2, 0.25) is 0 Å². The lowest BCUT2D eigenvalue weighted by atomic mass is 10.1. The van der Waals surface area contributed by atoms with Crippen LogP contribution in [0.1, 0.15) is 40.3 Å². The number of rotatable bonds is 6. The van der Waals surface area contributed by atoms with Gasteiger partial charge in [0.25, 0.3) is 5.91 Å². The predicted molar refractivity (Wildman–Crippen MR) is 113 cm³/mol. The van der Waals surface area contributed by atoms with E-state index in [-0.39, 0.29) is 5.91 Å². The minimum atomic E-state index is -0.400. The molecule has 2 heterocycles. The van der Waals surface area contributed by atoms with Gasteiger partial charge >= 0.3 is 5.97 Å². The molecule has 2 aromatic heterocycles. The van der Waals surface area contributed by atoms with Gasteiger partial charge in [0.1, 0.15) is 0 Å². The molecule has 7 heteroatoms. The number of nitrogens with one attached hydrogen (secondary N) is 1. The van der Waals surface area contributed by atoms with Crippen molar-refractivity contribution < 1.29 is 14.3 Å². The molecule has 0 atom stereocenters. The van der Waals surface area contributed by atoms with Gasteiger partial charge in [0, 0.05) is 36.1 Å². The van der Waals surface area contributed by atoms with Crippen LogP contribution in [0.25, 0.3) is 11.0 Å². The molecular weight excluding hydrogens is 368 g/mol. The van der Waals surface area contributed by atoms with Crippen LogP contribution in [0.2, 0.25) is 0 Å². The number of pyridine rings is 2. The van der Waals surface area contributed by atoms with Crippen LogP contribution in [-0.4, -0.2) is 46.9 Å². The van der Waals surface area contributed by atoms with Gasteiger partial charge in [-0.05, 0) is 57.2 Å². The molecule has 1 amide bonds. The summed E-state index contributed by atoms with van der Waals surface area (Å²) in [4.78, 5) is 35.4. The van der Waals surface area contributed by atoms with Crippen LogP contribution < -0.4 is 5.32 Å². The fourth-order valence-electron chi connectivity index (χ4n) is 3.10. The highest BCUT2D eigenvalue weighted by molar-refractivity contribution is 6.07. The van der Waals surface area contributed by atoms with Crippen molar-refractivity contribution in [2.45, 2.75) is 20.8 Å². The fourth-order valence-corrected chi connectivity index (χ4v) is 3.10. The van der Waals surface area contributed by atoms with Gasteiger partial charge in [-0.2, -0.15) is 0 Å². The van der Waals surface area contributed by atoms with Crippen molar-refractivity contribution in [3.8, 4) is 0 Å². The Morgan fingerprint density at radius 1 is 1.07 bits per heavy atom. The van der Waals surface area contributed by atoms with E-state index in [0.29, 0.717) is 35.6 Å². The molecule has 0 bridgehead atoms. The lowest BCUT2D eigenvalue weighted by molar-refractivity contribution is 0.0600. The number of hydrogen-bond acceptors (Lipinski definition) is 6. The molecule has 150 valence electrons. The summed E-state index contributed by atoms with van der Waals surface area (Å²) >= 11 is 0. The van der Waals surface area contributed by atoms with Crippen LogP contribution in [0.5, 0.6) is 0 Å². The summed E-state index contributed by atoms with van der Waals surface area (Å²) < 4.78 is 4.74. The molecule has 0 fully saturated rings.